The van der Waals surface area contributed by atoms with Crippen molar-refractivity contribution in [1.29, 1.82) is 0 Å². The van der Waals surface area contributed by atoms with Gasteiger partial charge in [-0.05, 0) is 31.5 Å². The summed E-state index contributed by atoms with van der Waals surface area (Å²) in [6.07, 6.45) is 0.739. The molecule has 102 valence electrons. The molecule has 0 fully saturated rings. The molecule has 3 aromatic rings. The highest BCUT2D eigenvalue weighted by Gasteiger charge is 2.12. The second-order valence-electron chi connectivity index (χ2n) is 5.07. The zero-order valence-corrected chi connectivity index (χ0v) is 12.4. The summed E-state index contributed by atoms with van der Waals surface area (Å²) in [5.41, 5.74) is 10.5. The van der Waals surface area contributed by atoms with Crippen molar-refractivity contribution in [2.24, 2.45) is 5.73 Å². The lowest BCUT2D eigenvalue weighted by Crippen LogP contribution is -2.15. The third-order valence-electron chi connectivity index (χ3n) is 3.38. The maximum Gasteiger partial charge on any atom is 0.0947 e. The highest BCUT2D eigenvalue weighted by atomic mass is 32.1. The Morgan fingerprint density at radius 3 is 2.75 bits per heavy atom. The number of aromatic nitrogens is 2. The molecule has 0 saturated carbocycles. The molecule has 0 saturated heterocycles. The zero-order valence-electron chi connectivity index (χ0n) is 11.6. The quantitative estimate of drug-likeness (QED) is 0.799. The molecule has 4 heteroatoms. The number of nitrogens with two attached hydrogens (primary N) is 1. The van der Waals surface area contributed by atoms with E-state index in [0.29, 0.717) is 0 Å². The molecule has 0 aliphatic heterocycles. The SMILES string of the molecule is Cc1csc(CC(N)c2cc(C)c3ccccc3n2)n1. The molecule has 0 aliphatic carbocycles. The number of benzene rings is 1. The van der Waals surface area contributed by atoms with E-state index in [-0.39, 0.29) is 6.04 Å². The van der Waals surface area contributed by atoms with Crippen LogP contribution in [0.5, 0.6) is 0 Å². The lowest BCUT2D eigenvalue weighted by molar-refractivity contribution is 0.695. The maximum atomic E-state index is 6.30. The Balaban J connectivity index is 1.93. The van der Waals surface area contributed by atoms with Gasteiger partial charge in [0.1, 0.15) is 0 Å². The van der Waals surface area contributed by atoms with Crippen LogP contribution in [-0.4, -0.2) is 9.97 Å². The highest BCUT2D eigenvalue weighted by Crippen LogP contribution is 2.22. The van der Waals surface area contributed by atoms with Gasteiger partial charge in [-0.2, -0.15) is 0 Å². The Bertz CT molecular complexity index is 748. The molecule has 3 nitrogen and oxygen atoms in total. The van der Waals surface area contributed by atoms with Gasteiger partial charge in [-0.25, -0.2) is 4.98 Å². The number of pyridine rings is 1. The van der Waals surface area contributed by atoms with E-state index in [1.54, 1.807) is 11.3 Å². The number of para-hydroxylation sites is 1. The van der Waals surface area contributed by atoms with Gasteiger partial charge in [-0.3, -0.25) is 4.98 Å². The maximum absolute atomic E-state index is 6.30. The number of hydrogen-bond donors (Lipinski definition) is 1. The molecule has 0 amide bonds. The summed E-state index contributed by atoms with van der Waals surface area (Å²) in [6, 6.07) is 10.2. The molecule has 3 rings (SSSR count). The largest absolute Gasteiger partial charge is 0.322 e. The molecule has 1 atom stereocenters. The fourth-order valence-corrected chi connectivity index (χ4v) is 3.19. The Labute approximate surface area is 122 Å². The van der Waals surface area contributed by atoms with E-state index in [1.165, 1.54) is 10.9 Å². The lowest BCUT2D eigenvalue weighted by atomic mass is 10.0. The first kappa shape index (κ1) is 13.2. The number of nitrogens with zero attached hydrogens (tertiary/aromatic N) is 2. The van der Waals surface area contributed by atoms with Gasteiger partial charge < -0.3 is 5.73 Å². The second kappa shape index (κ2) is 5.31. The van der Waals surface area contributed by atoms with Crippen LogP contribution >= 0.6 is 11.3 Å². The van der Waals surface area contributed by atoms with Gasteiger partial charge in [0.25, 0.3) is 0 Å². The fourth-order valence-electron chi connectivity index (χ4n) is 2.35. The molecule has 0 radical (unpaired) electrons. The molecule has 2 aromatic heterocycles. The number of thiazole rings is 1. The van der Waals surface area contributed by atoms with Gasteiger partial charge in [0, 0.05) is 22.9 Å². The summed E-state index contributed by atoms with van der Waals surface area (Å²) in [6.45, 7) is 4.11. The summed E-state index contributed by atoms with van der Waals surface area (Å²) >= 11 is 1.66. The monoisotopic (exact) mass is 283 g/mol. The predicted octanol–water partition coefficient (Wildman–Crippen LogP) is 3.55. The molecule has 2 N–H and O–H groups in total. The van der Waals surface area contributed by atoms with E-state index >= 15 is 0 Å². The normalized spacial score (nSPS) is 12.8. The van der Waals surface area contributed by atoms with E-state index in [4.69, 9.17) is 10.7 Å². The summed E-state index contributed by atoms with van der Waals surface area (Å²) in [7, 11) is 0. The summed E-state index contributed by atoms with van der Waals surface area (Å²) < 4.78 is 0. The molecule has 0 bridgehead atoms. The van der Waals surface area contributed by atoms with Gasteiger partial charge in [0.2, 0.25) is 0 Å². The van der Waals surface area contributed by atoms with Gasteiger partial charge in [0.15, 0.2) is 0 Å². The number of aryl methyl sites for hydroxylation is 2. The van der Waals surface area contributed by atoms with E-state index in [9.17, 15) is 0 Å². The zero-order chi connectivity index (χ0) is 14.1. The van der Waals surface area contributed by atoms with Gasteiger partial charge in [0.05, 0.1) is 22.3 Å². The standard InChI is InChI=1S/C16H17N3S/c1-10-7-15(19-14-6-4-3-5-12(10)14)13(17)8-16-18-11(2)9-20-16/h3-7,9,13H,8,17H2,1-2H3. The van der Waals surface area contributed by atoms with Crippen LogP contribution in [0.15, 0.2) is 35.7 Å². The Hall–Kier alpha value is -1.78. The Kier molecular flexibility index (Phi) is 3.51. The van der Waals surface area contributed by atoms with E-state index in [2.05, 4.69) is 29.4 Å². The van der Waals surface area contributed by atoms with Crippen LogP contribution in [0.2, 0.25) is 0 Å². The first-order chi connectivity index (χ1) is 9.63. The average molecular weight is 283 g/mol. The minimum Gasteiger partial charge on any atom is -0.322 e. The van der Waals surface area contributed by atoms with Gasteiger partial charge in [-0.15, -0.1) is 11.3 Å². The smallest absolute Gasteiger partial charge is 0.0947 e. The number of hydrogen-bond acceptors (Lipinski definition) is 4. The molecule has 1 aromatic carbocycles. The van der Waals surface area contributed by atoms with Crippen molar-refractivity contribution in [3.05, 3.63) is 57.7 Å². The molecule has 0 aliphatic rings. The molecule has 1 unspecified atom stereocenters. The van der Waals surface area contributed by atoms with Crippen LogP contribution in [0.3, 0.4) is 0 Å². The van der Waals surface area contributed by atoms with Crippen molar-refractivity contribution in [3.8, 4) is 0 Å². The molecular weight excluding hydrogens is 266 g/mol. The second-order valence-corrected chi connectivity index (χ2v) is 6.02. The summed E-state index contributed by atoms with van der Waals surface area (Å²) in [5.74, 6) is 0. The van der Waals surface area contributed by atoms with Crippen LogP contribution in [0.1, 0.15) is 28.0 Å². The van der Waals surface area contributed by atoms with Crippen molar-refractivity contribution >= 4 is 22.2 Å². The van der Waals surface area contributed by atoms with Crippen LogP contribution in [0.25, 0.3) is 10.9 Å². The number of fused-ring (bicyclic) bond motifs is 1. The van der Waals surface area contributed by atoms with Crippen LogP contribution in [0.4, 0.5) is 0 Å². The Morgan fingerprint density at radius 1 is 1.20 bits per heavy atom. The van der Waals surface area contributed by atoms with Crippen molar-refractivity contribution < 1.29 is 0 Å². The minimum absolute atomic E-state index is 0.108. The van der Waals surface area contributed by atoms with Crippen LogP contribution < -0.4 is 5.73 Å². The van der Waals surface area contributed by atoms with Gasteiger partial charge >= 0.3 is 0 Å². The number of rotatable bonds is 3. The minimum atomic E-state index is -0.108. The summed E-state index contributed by atoms with van der Waals surface area (Å²) in [4.78, 5) is 9.16. The highest BCUT2D eigenvalue weighted by molar-refractivity contribution is 7.09. The molecule has 0 spiro atoms. The van der Waals surface area contributed by atoms with Crippen molar-refractivity contribution in [2.45, 2.75) is 26.3 Å². The van der Waals surface area contributed by atoms with E-state index in [1.807, 2.05) is 25.1 Å². The third kappa shape index (κ3) is 2.57. The Morgan fingerprint density at radius 2 is 2.00 bits per heavy atom. The third-order valence-corrected chi connectivity index (χ3v) is 4.37. The van der Waals surface area contributed by atoms with E-state index in [0.717, 1.165) is 28.3 Å². The van der Waals surface area contributed by atoms with E-state index < -0.39 is 0 Å². The fraction of sp³-hybridized carbons (Fsp3) is 0.250. The first-order valence-electron chi connectivity index (χ1n) is 6.66. The molecule has 20 heavy (non-hydrogen) atoms. The van der Waals surface area contributed by atoms with Crippen molar-refractivity contribution in [1.82, 2.24) is 9.97 Å². The van der Waals surface area contributed by atoms with Crippen molar-refractivity contribution in [2.75, 3.05) is 0 Å². The lowest BCUT2D eigenvalue weighted by Gasteiger charge is -2.12. The molecule has 2 heterocycles. The van der Waals surface area contributed by atoms with Crippen LogP contribution in [0, 0.1) is 13.8 Å². The van der Waals surface area contributed by atoms with Gasteiger partial charge in [-0.1, -0.05) is 18.2 Å². The first-order valence-corrected chi connectivity index (χ1v) is 7.54. The topological polar surface area (TPSA) is 51.8 Å². The van der Waals surface area contributed by atoms with Crippen LogP contribution in [-0.2, 0) is 6.42 Å². The molecular formula is C16H17N3S. The van der Waals surface area contributed by atoms with Crippen molar-refractivity contribution in [3.63, 3.8) is 0 Å². The predicted molar refractivity (Wildman–Crippen MR) is 84.0 cm³/mol. The average Bonchev–Trinajstić information content (AvgIpc) is 2.84. The summed E-state index contributed by atoms with van der Waals surface area (Å²) in [5, 5.41) is 4.32.